The minimum Gasteiger partial charge on any atom is -0.507 e. The average Bonchev–Trinajstić information content (AvgIpc) is 3.18. The number of amides is 1. The molecule has 0 aliphatic carbocycles. The predicted molar refractivity (Wildman–Crippen MR) is 133 cm³/mol. The smallest absolute Gasteiger partial charge is 0.338 e. The van der Waals surface area contributed by atoms with Gasteiger partial charge in [0.1, 0.15) is 17.3 Å². The van der Waals surface area contributed by atoms with Crippen molar-refractivity contribution in [2.75, 3.05) is 25.7 Å². The Hall–Kier alpha value is -4.59. The third-order valence-corrected chi connectivity index (χ3v) is 5.87. The zero-order chi connectivity index (χ0) is 25.8. The van der Waals surface area contributed by atoms with Gasteiger partial charge in [-0.15, -0.1) is 0 Å². The summed E-state index contributed by atoms with van der Waals surface area (Å²) < 4.78 is 15.5. The summed E-state index contributed by atoms with van der Waals surface area (Å²) >= 11 is 0. The number of ether oxygens (including phenoxy) is 3. The lowest BCUT2D eigenvalue weighted by molar-refractivity contribution is -0.132. The number of aliphatic hydroxyl groups is 1. The lowest BCUT2D eigenvalue weighted by Crippen LogP contribution is -2.29. The van der Waals surface area contributed by atoms with Crippen LogP contribution in [0, 0.1) is 0 Å². The van der Waals surface area contributed by atoms with E-state index in [9.17, 15) is 19.5 Å². The molecule has 1 saturated heterocycles. The van der Waals surface area contributed by atoms with Crippen LogP contribution in [0.5, 0.6) is 11.5 Å². The normalized spacial score (nSPS) is 16.6. The summed E-state index contributed by atoms with van der Waals surface area (Å²) in [5, 5.41) is 11.2. The van der Waals surface area contributed by atoms with Crippen molar-refractivity contribution in [3.8, 4) is 11.5 Å². The van der Waals surface area contributed by atoms with Crippen LogP contribution in [0.1, 0.15) is 34.5 Å². The van der Waals surface area contributed by atoms with Crippen molar-refractivity contribution in [1.82, 2.24) is 0 Å². The highest BCUT2D eigenvalue weighted by Crippen LogP contribution is 2.42. The van der Waals surface area contributed by atoms with Crippen LogP contribution in [-0.4, -0.2) is 43.6 Å². The van der Waals surface area contributed by atoms with Gasteiger partial charge < -0.3 is 19.3 Å². The van der Waals surface area contributed by atoms with Gasteiger partial charge in [-0.1, -0.05) is 18.2 Å². The quantitative estimate of drug-likeness (QED) is 0.226. The summed E-state index contributed by atoms with van der Waals surface area (Å²) in [6, 6.07) is 18.7. The number of methoxy groups -OCH3 is 2. The van der Waals surface area contributed by atoms with Gasteiger partial charge in [-0.3, -0.25) is 14.5 Å². The maximum atomic E-state index is 13.3. The summed E-state index contributed by atoms with van der Waals surface area (Å²) in [5.41, 5.74) is 1.41. The van der Waals surface area contributed by atoms with E-state index in [0.717, 1.165) is 0 Å². The van der Waals surface area contributed by atoms with Gasteiger partial charge in [0.2, 0.25) is 0 Å². The van der Waals surface area contributed by atoms with Crippen molar-refractivity contribution in [1.29, 1.82) is 0 Å². The number of ketones is 1. The number of carbonyl (C=O) groups excluding carboxylic acids is 3. The van der Waals surface area contributed by atoms with Crippen LogP contribution in [0.4, 0.5) is 5.69 Å². The number of rotatable bonds is 7. The molecule has 3 aromatic rings. The zero-order valence-corrected chi connectivity index (χ0v) is 20.1. The Bertz CT molecular complexity index is 1330. The van der Waals surface area contributed by atoms with Crippen molar-refractivity contribution in [3.05, 3.63) is 95.1 Å². The molecule has 184 valence electrons. The first-order chi connectivity index (χ1) is 17.4. The van der Waals surface area contributed by atoms with Crippen molar-refractivity contribution >= 4 is 29.1 Å². The number of aliphatic hydroxyl groups excluding tert-OH is 1. The van der Waals surface area contributed by atoms with Gasteiger partial charge in [-0.05, 0) is 67.1 Å². The first-order valence-corrected chi connectivity index (χ1v) is 11.3. The van der Waals surface area contributed by atoms with E-state index in [2.05, 4.69) is 0 Å². The number of anilines is 1. The molecule has 1 atom stereocenters. The fraction of sp³-hybridized carbons (Fsp3) is 0.179. The van der Waals surface area contributed by atoms with Gasteiger partial charge in [0.15, 0.2) is 0 Å². The molecule has 0 aromatic heterocycles. The lowest BCUT2D eigenvalue weighted by atomic mass is 9.95. The fourth-order valence-corrected chi connectivity index (χ4v) is 4.10. The first-order valence-electron chi connectivity index (χ1n) is 11.3. The van der Waals surface area contributed by atoms with Crippen LogP contribution in [0.2, 0.25) is 0 Å². The summed E-state index contributed by atoms with van der Waals surface area (Å²) in [5.74, 6) is -1.36. The molecule has 1 unspecified atom stereocenters. The lowest BCUT2D eigenvalue weighted by Gasteiger charge is -2.26. The SMILES string of the molecule is CCOC(=O)c1cccc(N2C(=O)C(=O)/C(=C(/O)c3ccc(OC)cc3)C2c2ccc(OC)cc2)c1. The number of Topliss-reactive ketones (excluding diaryl/α,β-unsaturated/α-hetero) is 1. The van der Waals surface area contributed by atoms with Gasteiger partial charge in [-0.25, -0.2) is 4.79 Å². The molecule has 0 bridgehead atoms. The standard InChI is InChI=1S/C28H25NO7/c1-4-36-28(33)19-6-5-7-20(16-19)29-24(17-8-12-21(34-2)13-9-17)23(26(31)27(29)32)25(30)18-10-14-22(35-3)15-11-18/h5-16,24,30H,4H2,1-3H3/b25-23+. The molecule has 1 amide bonds. The van der Waals surface area contributed by atoms with Crippen molar-refractivity contribution in [3.63, 3.8) is 0 Å². The molecule has 1 aliphatic rings. The second kappa shape index (κ2) is 10.4. The number of hydrogen-bond acceptors (Lipinski definition) is 7. The highest BCUT2D eigenvalue weighted by Gasteiger charge is 2.47. The van der Waals surface area contributed by atoms with Crippen molar-refractivity contribution in [2.24, 2.45) is 0 Å². The monoisotopic (exact) mass is 487 g/mol. The molecule has 36 heavy (non-hydrogen) atoms. The molecule has 4 rings (SSSR count). The Morgan fingerprint density at radius 2 is 1.50 bits per heavy atom. The first kappa shape index (κ1) is 24.5. The Kier molecular flexibility index (Phi) is 7.05. The van der Waals surface area contributed by atoms with E-state index in [4.69, 9.17) is 14.2 Å². The van der Waals surface area contributed by atoms with Gasteiger partial charge >= 0.3 is 5.97 Å². The third kappa shape index (κ3) is 4.53. The molecule has 8 heteroatoms. The summed E-state index contributed by atoms with van der Waals surface area (Å²) in [4.78, 5) is 40.2. The Balaban J connectivity index is 1.89. The second-order valence-corrected chi connectivity index (χ2v) is 7.94. The fourth-order valence-electron chi connectivity index (χ4n) is 4.10. The molecule has 1 N–H and O–H groups in total. The number of carbonyl (C=O) groups is 3. The zero-order valence-electron chi connectivity index (χ0n) is 20.1. The summed E-state index contributed by atoms with van der Waals surface area (Å²) in [6.07, 6.45) is 0. The van der Waals surface area contributed by atoms with Gasteiger partial charge in [-0.2, -0.15) is 0 Å². The van der Waals surface area contributed by atoms with Crippen LogP contribution in [-0.2, 0) is 14.3 Å². The molecule has 1 heterocycles. The molecular formula is C28H25NO7. The maximum absolute atomic E-state index is 13.3. The minimum absolute atomic E-state index is 0.0723. The predicted octanol–water partition coefficient (Wildman–Crippen LogP) is 4.51. The van der Waals surface area contributed by atoms with Crippen molar-refractivity contribution < 1.29 is 33.7 Å². The van der Waals surface area contributed by atoms with Gasteiger partial charge in [0.05, 0.1) is 38.0 Å². The molecular weight excluding hydrogens is 462 g/mol. The number of hydrogen-bond donors (Lipinski definition) is 1. The van der Waals surface area contributed by atoms with Crippen LogP contribution in [0.25, 0.3) is 5.76 Å². The Morgan fingerprint density at radius 3 is 2.08 bits per heavy atom. The topological polar surface area (TPSA) is 102 Å². The van der Waals surface area contributed by atoms with Crippen LogP contribution in [0.3, 0.4) is 0 Å². The summed E-state index contributed by atoms with van der Waals surface area (Å²) in [6.45, 7) is 1.89. The highest BCUT2D eigenvalue weighted by atomic mass is 16.5. The molecule has 1 fully saturated rings. The molecule has 0 spiro atoms. The summed E-state index contributed by atoms with van der Waals surface area (Å²) in [7, 11) is 3.06. The largest absolute Gasteiger partial charge is 0.507 e. The van der Waals surface area contributed by atoms with E-state index in [1.165, 1.54) is 25.2 Å². The van der Waals surface area contributed by atoms with Crippen LogP contribution in [0.15, 0.2) is 78.4 Å². The number of nitrogens with zero attached hydrogens (tertiary/aromatic N) is 1. The molecule has 0 saturated carbocycles. The minimum atomic E-state index is -0.949. The molecule has 8 nitrogen and oxygen atoms in total. The van der Waals surface area contributed by atoms with Crippen molar-refractivity contribution in [2.45, 2.75) is 13.0 Å². The number of benzene rings is 3. The Morgan fingerprint density at radius 1 is 0.889 bits per heavy atom. The van der Waals surface area contributed by atoms with E-state index in [1.807, 2.05) is 0 Å². The second-order valence-electron chi connectivity index (χ2n) is 7.94. The van der Waals surface area contributed by atoms with Crippen LogP contribution >= 0.6 is 0 Å². The average molecular weight is 488 g/mol. The highest BCUT2D eigenvalue weighted by molar-refractivity contribution is 6.51. The molecule has 3 aromatic carbocycles. The molecule has 1 aliphatic heterocycles. The van der Waals surface area contributed by atoms with E-state index < -0.39 is 23.7 Å². The van der Waals surface area contributed by atoms with Crippen LogP contribution < -0.4 is 14.4 Å². The number of esters is 1. The van der Waals surface area contributed by atoms with E-state index >= 15 is 0 Å². The third-order valence-electron chi connectivity index (χ3n) is 5.87. The van der Waals surface area contributed by atoms with E-state index in [0.29, 0.717) is 28.3 Å². The molecule has 0 radical (unpaired) electrons. The van der Waals surface area contributed by atoms with E-state index in [-0.39, 0.29) is 23.5 Å². The van der Waals surface area contributed by atoms with Gasteiger partial charge in [0, 0.05) is 11.3 Å². The van der Waals surface area contributed by atoms with E-state index in [1.54, 1.807) is 73.7 Å². The maximum Gasteiger partial charge on any atom is 0.338 e. The Labute approximate surface area is 208 Å². The van der Waals surface area contributed by atoms with Gasteiger partial charge in [0.25, 0.3) is 11.7 Å².